The number of hydrogen-bond acceptors (Lipinski definition) is 3. The molecule has 1 heterocycles. The average Bonchev–Trinajstić information content (AvgIpc) is 2.13. The minimum Gasteiger partial charge on any atom is -0.473 e. The van der Waals surface area contributed by atoms with Gasteiger partial charge in [-0.25, -0.2) is 0 Å². The van der Waals surface area contributed by atoms with Crippen molar-refractivity contribution < 1.29 is 4.74 Å². The average molecular weight is 249 g/mol. The zero-order valence-electron chi connectivity index (χ0n) is 8.92. The molecule has 1 aromatic heterocycles. The molecular formula is C10H14Cl2N2O. The van der Waals surface area contributed by atoms with Gasteiger partial charge in [0.2, 0.25) is 5.88 Å². The van der Waals surface area contributed by atoms with E-state index in [2.05, 4.69) is 18.8 Å². The number of halogens is 2. The van der Waals surface area contributed by atoms with Crippen LogP contribution in [0.15, 0.2) is 6.07 Å². The summed E-state index contributed by atoms with van der Waals surface area (Å²) in [5.74, 6) is 0.937. The van der Waals surface area contributed by atoms with Crippen LogP contribution in [0, 0.1) is 5.92 Å². The van der Waals surface area contributed by atoms with Crippen molar-refractivity contribution in [1.29, 1.82) is 0 Å². The first-order chi connectivity index (χ1) is 6.91. The van der Waals surface area contributed by atoms with Crippen molar-refractivity contribution >= 4 is 29.0 Å². The smallest absolute Gasteiger partial charge is 0.234 e. The van der Waals surface area contributed by atoms with Gasteiger partial charge in [-0.05, 0) is 18.9 Å². The number of nitrogen functional groups attached to an aromatic ring is 1. The molecule has 0 aromatic carbocycles. The molecule has 0 aliphatic heterocycles. The SMILES string of the molecule is CC(C)C(C)Oc1nc(N)c(Cl)cc1Cl. The fraction of sp³-hybridized carbons (Fsp3) is 0.500. The molecule has 84 valence electrons. The monoisotopic (exact) mass is 248 g/mol. The number of ether oxygens (including phenoxy) is 1. The molecule has 0 bridgehead atoms. The maximum Gasteiger partial charge on any atom is 0.234 e. The van der Waals surface area contributed by atoms with Gasteiger partial charge in [-0.15, -0.1) is 0 Å². The van der Waals surface area contributed by atoms with Crippen LogP contribution in [0.3, 0.4) is 0 Å². The fourth-order valence-electron chi connectivity index (χ4n) is 0.858. The predicted octanol–water partition coefficient (Wildman–Crippen LogP) is 3.39. The standard InChI is InChI=1S/C10H14Cl2N2O/c1-5(2)6(3)15-10-8(12)4-7(11)9(13)14-10/h4-6H,1-3H3,(H2,13,14). The molecule has 2 N–H and O–H groups in total. The van der Waals surface area contributed by atoms with Gasteiger partial charge in [0, 0.05) is 0 Å². The van der Waals surface area contributed by atoms with Crippen molar-refractivity contribution in [3.8, 4) is 5.88 Å². The second-order valence-electron chi connectivity index (χ2n) is 3.71. The van der Waals surface area contributed by atoms with Crippen LogP contribution in [0.25, 0.3) is 0 Å². The largest absolute Gasteiger partial charge is 0.473 e. The molecule has 0 fully saturated rings. The first-order valence-electron chi connectivity index (χ1n) is 4.70. The zero-order chi connectivity index (χ0) is 11.6. The van der Waals surface area contributed by atoms with Crippen molar-refractivity contribution in [2.24, 2.45) is 5.92 Å². The van der Waals surface area contributed by atoms with Crippen LogP contribution in [0.1, 0.15) is 20.8 Å². The summed E-state index contributed by atoms with van der Waals surface area (Å²) in [6, 6.07) is 1.54. The summed E-state index contributed by atoms with van der Waals surface area (Å²) in [6.07, 6.45) is 0.0237. The summed E-state index contributed by atoms with van der Waals surface area (Å²) in [5, 5.41) is 0.714. The Bertz CT molecular complexity index is 356. The normalized spacial score (nSPS) is 12.9. The molecule has 1 unspecified atom stereocenters. The van der Waals surface area contributed by atoms with Gasteiger partial charge in [-0.3, -0.25) is 0 Å². The third-order valence-corrected chi connectivity index (χ3v) is 2.73. The van der Waals surface area contributed by atoms with E-state index in [0.717, 1.165) is 0 Å². The van der Waals surface area contributed by atoms with E-state index in [1.807, 2.05) is 6.92 Å². The molecule has 3 nitrogen and oxygen atoms in total. The van der Waals surface area contributed by atoms with Crippen LogP contribution in [0.5, 0.6) is 5.88 Å². The van der Waals surface area contributed by atoms with Gasteiger partial charge in [-0.2, -0.15) is 4.98 Å². The minimum atomic E-state index is 0.0237. The Kier molecular flexibility index (Phi) is 4.05. The van der Waals surface area contributed by atoms with Gasteiger partial charge >= 0.3 is 0 Å². The van der Waals surface area contributed by atoms with Crippen molar-refractivity contribution in [2.45, 2.75) is 26.9 Å². The summed E-state index contributed by atoms with van der Waals surface area (Å²) in [7, 11) is 0. The van der Waals surface area contributed by atoms with E-state index in [1.54, 1.807) is 0 Å². The Morgan fingerprint density at radius 1 is 1.27 bits per heavy atom. The fourth-order valence-corrected chi connectivity index (χ4v) is 1.26. The molecule has 0 aliphatic rings. The molecule has 1 rings (SSSR count). The van der Waals surface area contributed by atoms with Crippen LogP contribution in [0.4, 0.5) is 5.82 Å². The third kappa shape index (κ3) is 3.14. The van der Waals surface area contributed by atoms with E-state index in [9.17, 15) is 0 Å². The molecule has 0 amide bonds. The number of anilines is 1. The highest BCUT2D eigenvalue weighted by molar-refractivity contribution is 6.36. The Balaban J connectivity index is 2.91. The molecule has 1 aromatic rings. The summed E-state index contributed by atoms with van der Waals surface area (Å²) >= 11 is 11.7. The van der Waals surface area contributed by atoms with Crippen LogP contribution < -0.4 is 10.5 Å². The molecule has 15 heavy (non-hydrogen) atoms. The van der Waals surface area contributed by atoms with Crippen LogP contribution in [0.2, 0.25) is 10.0 Å². The maximum atomic E-state index is 5.92. The zero-order valence-corrected chi connectivity index (χ0v) is 10.4. The number of aromatic nitrogens is 1. The summed E-state index contributed by atoms with van der Waals surface area (Å²) < 4.78 is 5.56. The number of hydrogen-bond donors (Lipinski definition) is 1. The van der Waals surface area contributed by atoms with Gasteiger partial charge in [0.15, 0.2) is 0 Å². The topological polar surface area (TPSA) is 48.1 Å². The Morgan fingerprint density at radius 2 is 1.87 bits per heavy atom. The molecular weight excluding hydrogens is 235 g/mol. The first-order valence-corrected chi connectivity index (χ1v) is 5.45. The van der Waals surface area contributed by atoms with E-state index >= 15 is 0 Å². The number of pyridine rings is 1. The van der Waals surface area contributed by atoms with Crippen molar-refractivity contribution in [3.05, 3.63) is 16.1 Å². The number of rotatable bonds is 3. The molecule has 0 radical (unpaired) electrons. The van der Waals surface area contributed by atoms with Gasteiger partial charge in [-0.1, -0.05) is 37.0 Å². The molecule has 0 saturated carbocycles. The summed E-state index contributed by atoms with van der Waals surface area (Å²) in [5.41, 5.74) is 5.56. The van der Waals surface area contributed by atoms with E-state index in [-0.39, 0.29) is 11.9 Å². The Labute approximate surface area is 99.5 Å². The molecule has 1 atom stereocenters. The number of nitrogens with zero attached hydrogens (tertiary/aromatic N) is 1. The van der Waals surface area contributed by atoms with Crippen molar-refractivity contribution in [3.63, 3.8) is 0 Å². The van der Waals surface area contributed by atoms with Gasteiger partial charge in [0.25, 0.3) is 0 Å². The van der Waals surface area contributed by atoms with Crippen molar-refractivity contribution in [2.75, 3.05) is 5.73 Å². The molecule has 5 heteroatoms. The maximum absolute atomic E-state index is 5.92. The van der Waals surface area contributed by atoms with E-state index in [1.165, 1.54) is 6.07 Å². The Morgan fingerprint density at radius 3 is 2.40 bits per heavy atom. The molecule has 0 aliphatic carbocycles. The van der Waals surface area contributed by atoms with E-state index < -0.39 is 0 Å². The van der Waals surface area contributed by atoms with Crippen LogP contribution in [-0.4, -0.2) is 11.1 Å². The molecule has 0 saturated heterocycles. The lowest BCUT2D eigenvalue weighted by Gasteiger charge is -2.18. The van der Waals surface area contributed by atoms with Crippen molar-refractivity contribution in [1.82, 2.24) is 4.98 Å². The van der Waals surface area contributed by atoms with Crippen LogP contribution in [-0.2, 0) is 0 Å². The first kappa shape index (κ1) is 12.4. The lowest BCUT2D eigenvalue weighted by atomic mass is 10.1. The lowest BCUT2D eigenvalue weighted by molar-refractivity contribution is 0.164. The van der Waals surface area contributed by atoms with Gasteiger partial charge in [0.1, 0.15) is 10.8 Å². The second kappa shape index (κ2) is 4.90. The highest BCUT2D eigenvalue weighted by Crippen LogP contribution is 2.30. The van der Waals surface area contributed by atoms with E-state index in [4.69, 9.17) is 33.7 Å². The van der Waals surface area contributed by atoms with Gasteiger partial charge < -0.3 is 10.5 Å². The minimum absolute atomic E-state index is 0.0237. The van der Waals surface area contributed by atoms with Gasteiger partial charge in [0.05, 0.1) is 11.1 Å². The highest BCUT2D eigenvalue weighted by atomic mass is 35.5. The summed E-state index contributed by atoms with van der Waals surface area (Å²) in [6.45, 7) is 6.06. The lowest BCUT2D eigenvalue weighted by Crippen LogP contribution is -2.19. The highest BCUT2D eigenvalue weighted by Gasteiger charge is 2.14. The van der Waals surface area contributed by atoms with E-state index in [0.29, 0.717) is 21.8 Å². The molecule has 0 spiro atoms. The summed E-state index contributed by atoms with van der Waals surface area (Å²) in [4.78, 5) is 3.99. The second-order valence-corrected chi connectivity index (χ2v) is 4.52. The Hall–Kier alpha value is -0.670. The predicted molar refractivity (Wildman–Crippen MR) is 63.6 cm³/mol. The quantitative estimate of drug-likeness (QED) is 0.893. The number of nitrogens with two attached hydrogens (primary N) is 1. The van der Waals surface area contributed by atoms with Crippen LogP contribution >= 0.6 is 23.2 Å². The third-order valence-electron chi connectivity index (χ3n) is 2.16.